The van der Waals surface area contributed by atoms with E-state index >= 15 is 0 Å². The van der Waals surface area contributed by atoms with Gasteiger partial charge in [-0.2, -0.15) is 0 Å². The van der Waals surface area contributed by atoms with Crippen LogP contribution in [0.15, 0.2) is 12.4 Å². The highest BCUT2D eigenvalue weighted by Crippen LogP contribution is 2.21. The second kappa shape index (κ2) is 2.59. The van der Waals surface area contributed by atoms with Crippen molar-refractivity contribution in [3.63, 3.8) is 0 Å². The first-order valence-corrected chi connectivity index (χ1v) is 2.92. The van der Waals surface area contributed by atoms with Crippen LogP contribution in [0.5, 0.6) is 5.75 Å². The molecule has 0 fully saturated rings. The number of aromatic hydroxyl groups is 1. The molecule has 0 saturated heterocycles. The Morgan fingerprint density at radius 1 is 1.60 bits per heavy atom. The Kier molecular flexibility index (Phi) is 1.79. The lowest BCUT2D eigenvalue weighted by molar-refractivity contribution is 0.471. The van der Waals surface area contributed by atoms with E-state index in [1.54, 1.807) is 0 Å². The van der Waals surface area contributed by atoms with Crippen LogP contribution in [0.4, 0.5) is 0 Å². The average Bonchev–Trinajstić information content (AvgIpc) is 1.88. The van der Waals surface area contributed by atoms with Gasteiger partial charge in [0.15, 0.2) is 5.75 Å². The van der Waals surface area contributed by atoms with Gasteiger partial charge in [-0.15, -0.1) is 6.42 Å². The Labute approximate surface area is 63.5 Å². The van der Waals surface area contributed by atoms with Crippen molar-refractivity contribution in [3.05, 3.63) is 23.0 Å². The van der Waals surface area contributed by atoms with E-state index in [-0.39, 0.29) is 11.3 Å². The van der Waals surface area contributed by atoms with Gasteiger partial charge in [-0.05, 0) is 0 Å². The smallest absolute Gasteiger partial charge is 0.150 e. The molecule has 0 radical (unpaired) electrons. The van der Waals surface area contributed by atoms with Gasteiger partial charge < -0.3 is 5.11 Å². The van der Waals surface area contributed by atoms with E-state index in [2.05, 4.69) is 10.9 Å². The molecule has 50 valence electrons. The fraction of sp³-hybridized carbons (Fsp3) is 0. The van der Waals surface area contributed by atoms with E-state index in [0.29, 0.717) is 5.02 Å². The standard InChI is InChI=1S/C7H4ClNO/c1-2-5-6(8)3-9-4-7(5)10/h1,3-4,10H. The number of hydrogen-bond donors (Lipinski definition) is 1. The van der Waals surface area contributed by atoms with E-state index in [1.165, 1.54) is 12.4 Å². The molecule has 1 rings (SSSR count). The minimum atomic E-state index is -0.0602. The Bertz CT molecular complexity index is 270. The van der Waals surface area contributed by atoms with Crippen molar-refractivity contribution in [2.75, 3.05) is 0 Å². The summed E-state index contributed by atoms with van der Waals surface area (Å²) in [4.78, 5) is 3.61. The molecule has 0 bridgehead atoms. The maximum absolute atomic E-state index is 9.00. The van der Waals surface area contributed by atoms with Gasteiger partial charge in [0.2, 0.25) is 0 Å². The van der Waals surface area contributed by atoms with Crippen molar-refractivity contribution in [2.24, 2.45) is 0 Å². The highest BCUT2D eigenvalue weighted by molar-refractivity contribution is 6.31. The molecule has 0 aliphatic carbocycles. The van der Waals surface area contributed by atoms with Gasteiger partial charge >= 0.3 is 0 Å². The Morgan fingerprint density at radius 2 is 2.30 bits per heavy atom. The highest BCUT2D eigenvalue weighted by Gasteiger charge is 2.01. The molecule has 0 aliphatic rings. The number of pyridine rings is 1. The van der Waals surface area contributed by atoms with Gasteiger partial charge in [0.1, 0.15) is 0 Å². The Hall–Kier alpha value is -1.20. The summed E-state index contributed by atoms with van der Waals surface area (Å²) < 4.78 is 0. The zero-order chi connectivity index (χ0) is 7.56. The maximum Gasteiger partial charge on any atom is 0.150 e. The van der Waals surface area contributed by atoms with E-state index < -0.39 is 0 Å². The molecule has 0 atom stereocenters. The quantitative estimate of drug-likeness (QED) is 0.572. The van der Waals surface area contributed by atoms with Crippen LogP contribution >= 0.6 is 11.6 Å². The molecule has 2 nitrogen and oxygen atoms in total. The monoisotopic (exact) mass is 153 g/mol. The maximum atomic E-state index is 9.00. The van der Waals surface area contributed by atoms with Gasteiger partial charge in [-0.3, -0.25) is 4.98 Å². The van der Waals surface area contributed by atoms with Gasteiger partial charge in [0, 0.05) is 6.20 Å². The van der Waals surface area contributed by atoms with Crippen LogP contribution in [0.1, 0.15) is 5.56 Å². The molecule has 0 amide bonds. The molecule has 0 aromatic carbocycles. The fourth-order valence-electron chi connectivity index (χ4n) is 0.568. The number of hydrogen-bond acceptors (Lipinski definition) is 2. The molecule has 0 saturated carbocycles. The molecule has 1 aromatic heterocycles. The fourth-order valence-corrected chi connectivity index (χ4v) is 0.775. The van der Waals surface area contributed by atoms with Crippen molar-refractivity contribution in [3.8, 4) is 18.1 Å². The van der Waals surface area contributed by atoms with Gasteiger partial charge in [0.25, 0.3) is 0 Å². The minimum Gasteiger partial charge on any atom is -0.505 e. The van der Waals surface area contributed by atoms with Crippen molar-refractivity contribution in [1.82, 2.24) is 4.98 Å². The van der Waals surface area contributed by atoms with E-state index in [4.69, 9.17) is 23.1 Å². The van der Waals surface area contributed by atoms with Crippen LogP contribution in [0.2, 0.25) is 5.02 Å². The number of halogens is 1. The van der Waals surface area contributed by atoms with Gasteiger partial charge in [-0.25, -0.2) is 0 Å². The van der Waals surface area contributed by atoms with Crippen molar-refractivity contribution in [2.45, 2.75) is 0 Å². The summed E-state index contributed by atoms with van der Waals surface area (Å²) in [6.07, 6.45) is 7.67. The van der Waals surface area contributed by atoms with Crippen LogP contribution < -0.4 is 0 Å². The van der Waals surface area contributed by atoms with Crippen LogP contribution in [-0.4, -0.2) is 10.1 Å². The van der Waals surface area contributed by atoms with Crippen LogP contribution in [0.25, 0.3) is 0 Å². The summed E-state index contributed by atoms with van der Waals surface area (Å²) in [6, 6.07) is 0. The van der Waals surface area contributed by atoms with Gasteiger partial charge in [0.05, 0.1) is 16.8 Å². The molecule has 0 unspecified atom stereocenters. The third-order valence-corrected chi connectivity index (χ3v) is 1.31. The predicted octanol–water partition coefficient (Wildman–Crippen LogP) is 1.42. The lowest BCUT2D eigenvalue weighted by Crippen LogP contribution is -1.79. The molecule has 0 spiro atoms. The van der Waals surface area contributed by atoms with E-state index in [9.17, 15) is 0 Å². The first-order valence-electron chi connectivity index (χ1n) is 2.55. The summed E-state index contributed by atoms with van der Waals surface area (Å²) in [7, 11) is 0. The first kappa shape index (κ1) is 6.91. The van der Waals surface area contributed by atoms with Crippen molar-refractivity contribution in [1.29, 1.82) is 0 Å². The highest BCUT2D eigenvalue weighted by atomic mass is 35.5. The number of terminal acetylenes is 1. The Balaban J connectivity index is 3.34. The first-order chi connectivity index (χ1) is 4.75. The van der Waals surface area contributed by atoms with Crippen LogP contribution in [0.3, 0.4) is 0 Å². The SMILES string of the molecule is C#Cc1c(O)cncc1Cl. The van der Waals surface area contributed by atoms with Crippen molar-refractivity contribution < 1.29 is 5.11 Å². The third-order valence-electron chi connectivity index (χ3n) is 1.02. The van der Waals surface area contributed by atoms with Gasteiger partial charge in [-0.1, -0.05) is 17.5 Å². The number of rotatable bonds is 0. The molecular formula is C7H4ClNO. The largest absolute Gasteiger partial charge is 0.505 e. The summed E-state index contributed by atoms with van der Waals surface area (Å²) >= 11 is 5.56. The second-order valence-corrected chi connectivity index (χ2v) is 2.07. The van der Waals surface area contributed by atoms with E-state index in [0.717, 1.165) is 0 Å². The lowest BCUT2D eigenvalue weighted by Gasteiger charge is -1.95. The summed E-state index contributed by atoms with van der Waals surface area (Å²) in [6.45, 7) is 0. The molecular weight excluding hydrogens is 150 g/mol. The number of nitrogens with zero attached hydrogens (tertiary/aromatic N) is 1. The zero-order valence-corrected chi connectivity index (χ0v) is 5.76. The summed E-state index contributed by atoms with van der Waals surface area (Å²) in [5, 5.41) is 9.30. The summed E-state index contributed by atoms with van der Waals surface area (Å²) in [5.74, 6) is 2.18. The normalized spacial score (nSPS) is 8.80. The summed E-state index contributed by atoms with van der Waals surface area (Å²) in [5.41, 5.74) is 0.289. The van der Waals surface area contributed by atoms with E-state index in [1.807, 2.05) is 0 Å². The second-order valence-electron chi connectivity index (χ2n) is 1.66. The van der Waals surface area contributed by atoms with Crippen molar-refractivity contribution >= 4 is 11.6 Å². The third kappa shape index (κ3) is 1.04. The number of aromatic nitrogens is 1. The average molecular weight is 154 g/mol. The molecule has 0 aliphatic heterocycles. The topological polar surface area (TPSA) is 33.1 Å². The minimum absolute atomic E-state index is 0.0602. The molecule has 1 heterocycles. The molecule has 3 heteroatoms. The molecule has 1 N–H and O–H groups in total. The molecule has 10 heavy (non-hydrogen) atoms. The van der Waals surface area contributed by atoms with Crippen LogP contribution in [-0.2, 0) is 0 Å². The Morgan fingerprint density at radius 3 is 2.70 bits per heavy atom. The predicted molar refractivity (Wildman–Crippen MR) is 38.8 cm³/mol. The molecule has 1 aromatic rings. The van der Waals surface area contributed by atoms with Crippen LogP contribution in [0, 0.1) is 12.3 Å². The lowest BCUT2D eigenvalue weighted by atomic mass is 10.2. The zero-order valence-electron chi connectivity index (χ0n) is 5.00.